The van der Waals surface area contributed by atoms with Crippen LogP contribution in [0.4, 0.5) is 0 Å². The lowest BCUT2D eigenvalue weighted by Crippen LogP contribution is -2.37. The lowest BCUT2D eigenvalue weighted by atomic mass is 9.87. The number of aliphatic hydroxyl groups is 1. The van der Waals surface area contributed by atoms with Gasteiger partial charge in [0.2, 0.25) is 0 Å². The summed E-state index contributed by atoms with van der Waals surface area (Å²) >= 11 is 0. The number of cyclic esters (lactones) is 1. The number of hydrogen-bond acceptors (Lipinski definition) is 3. The second-order valence-corrected chi connectivity index (χ2v) is 6.11. The van der Waals surface area contributed by atoms with Gasteiger partial charge in [-0.3, -0.25) is 4.79 Å². The first kappa shape index (κ1) is 17.2. The number of ether oxygens (including phenoxy) is 1. The molecule has 1 unspecified atom stereocenters. The Morgan fingerprint density at radius 3 is 2.65 bits per heavy atom. The fourth-order valence-electron chi connectivity index (χ4n) is 2.94. The van der Waals surface area contributed by atoms with Crippen LogP contribution in [0, 0.1) is 5.92 Å². The Bertz CT molecular complexity index is 348. The third-order valence-electron chi connectivity index (χ3n) is 4.34. The second-order valence-electron chi connectivity index (χ2n) is 6.11. The highest BCUT2D eigenvalue weighted by atomic mass is 16.6. The molecule has 0 bridgehead atoms. The standard InChI is InChI=1S/C17H30O3/c1-5-8-9-13(4)10-14(6-2)12-17(7-3)15(18)11-16(19)20-17/h12-13,15,18H,5-11H2,1-4H3/b14-12-/t13?,15-,17+/m0/s1. The van der Waals surface area contributed by atoms with Crippen LogP contribution in [-0.4, -0.2) is 22.8 Å². The topological polar surface area (TPSA) is 46.5 Å². The fourth-order valence-corrected chi connectivity index (χ4v) is 2.94. The lowest BCUT2D eigenvalue weighted by molar-refractivity contribution is -0.146. The number of aliphatic hydroxyl groups excluding tert-OH is 1. The maximum atomic E-state index is 11.4. The van der Waals surface area contributed by atoms with E-state index in [9.17, 15) is 9.90 Å². The summed E-state index contributed by atoms with van der Waals surface area (Å²) in [4.78, 5) is 11.4. The molecule has 1 N–H and O–H groups in total. The largest absolute Gasteiger partial charge is 0.452 e. The van der Waals surface area contributed by atoms with Gasteiger partial charge in [0.15, 0.2) is 5.60 Å². The molecule has 3 nitrogen and oxygen atoms in total. The maximum Gasteiger partial charge on any atom is 0.309 e. The Kier molecular flexibility index (Phi) is 6.74. The Balaban J connectivity index is 2.78. The van der Waals surface area contributed by atoms with Crippen LogP contribution in [0.3, 0.4) is 0 Å². The van der Waals surface area contributed by atoms with Crippen molar-refractivity contribution < 1.29 is 14.6 Å². The van der Waals surface area contributed by atoms with Gasteiger partial charge in [0.05, 0.1) is 6.42 Å². The molecule has 1 fully saturated rings. The molecule has 0 amide bonds. The monoisotopic (exact) mass is 282 g/mol. The molecule has 0 spiro atoms. The number of esters is 1. The van der Waals surface area contributed by atoms with Crippen LogP contribution in [0.2, 0.25) is 0 Å². The van der Waals surface area contributed by atoms with Crippen molar-refractivity contribution in [3.05, 3.63) is 11.6 Å². The SMILES string of the molecule is CCCCC(C)C/C(=C\[C@@]1(CC)OC(=O)C[C@@H]1O)CC. The Hall–Kier alpha value is -0.830. The molecule has 0 saturated carbocycles. The van der Waals surface area contributed by atoms with Gasteiger partial charge in [0.25, 0.3) is 0 Å². The fraction of sp³-hybridized carbons (Fsp3) is 0.824. The molecule has 20 heavy (non-hydrogen) atoms. The van der Waals surface area contributed by atoms with Crippen molar-refractivity contribution >= 4 is 5.97 Å². The third kappa shape index (κ3) is 4.34. The zero-order valence-electron chi connectivity index (χ0n) is 13.4. The summed E-state index contributed by atoms with van der Waals surface area (Å²) in [6.45, 7) is 8.58. The highest BCUT2D eigenvalue weighted by Gasteiger charge is 2.45. The molecule has 0 aromatic rings. The number of unbranched alkanes of at least 4 members (excludes halogenated alkanes) is 1. The van der Waals surface area contributed by atoms with Crippen LogP contribution in [0.5, 0.6) is 0 Å². The van der Waals surface area contributed by atoms with E-state index >= 15 is 0 Å². The summed E-state index contributed by atoms with van der Waals surface area (Å²) in [7, 11) is 0. The third-order valence-corrected chi connectivity index (χ3v) is 4.34. The lowest BCUT2D eigenvalue weighted by Gasteiger charge is -2.28. The minimum Gasteiger partial charge on any atom is -0.452 e. The van der Waals surface area contributed by atoms with E-state index in [4.69, 9.17) is 4.74 Å². The molecule has 1 aliphatic heterocycles. The molecule has 116 valence electrons. The number of carbonyl (C=O) groups excluding carboxylic acids is 1. The Morgan fingerprint density at radius 2 is 2.20 bits per heavy atom. The smallest absolute Gasteiger partial charge is 0.309 e. The molecule has 0 aliphatic carbocycles. The first-order chi connectivity index (χ1) is 9.47. The molecule has 0 radical (unpaired) electrons. The molecular weight excluding hydrogens is 252 g/mol. The molecule has 1 heterocycles. The summed E-state index contributed by atoms with van der Waals surface area (Å²) in [6.07, 6.45) is 7.78. The van der Waals surface area contributed by atoms with Gasteiger partial charge >= 0.3 is 5.97 Å². The van der Waals surface area contributed by atoms with E-state index in [2.05, 4.69) is 20.8 Å². The normalized spacial score (nSPS) is 28.6. The van der Waals surface area contributed by atoms with E-state index in [1.54, 1.807) is 0 Å². The highest BCUT2D eigenvalue weighted by Crippen LogP contribution is 2.34. The molecule has 1 saturated heterocycles. The summed E-state index contributed by atoms with van der Waals surface area (Å²) in [5.74, 6) is 0.356. The van der Waals surface area contributed by atoms with Crippen molar-refractivity contribution in [1.29, 1.82) is 0 Å². The summed E-state index contributed by atoms with van der Waals surface area (Å²) in [5, 5.41) is 10.1. The van der Waals surface area contributed by atoms with E-state index in [-0.39, 0.29) is 12.4 Å². The zero-order valence-corrected chi connectivity index (χ0v) is 13.4. The van der Waals surface area contributed by atoms with Crippen LogP contribution in [-0.2, 0) is 9.53 Å². The number of carbonyl (C=O) groups is 1. The Labute approximate surface area is 123 Å². The quantitative estimate of drug-likeness (QED) is 0.541. The first-order valence-corrected chi connectivity index (χ1v) is 8.07. The molecule has 3 heteroatoms. The van der Waals surface area contributed by atoms with Crippen molar-refractivity contribution in [3.8, 4) is 0 Å². The van der Waals surface area contributed by atoms with Crippen LogP contribution in [0.15, 0.2) is 11.6 Å². The molecule has 1 rings (SSSR count). The molecule has 3 atom stereocenters. The van der Waals surface area contributed by atoms with Crippen molar-refractivity contribution in [2.75, 3.05) is 0 Å². The summed E-state index contributed by atoms with van der Waals surface area (Å²) in [6, 6.07) is 0. The predicted molar refractivity (Wildman–Crippen MR) is 81.4 cm³/mol. The van der Waals surface area contributed by atoms with E-state index in [1.165, 1.54) is 24.8 Å². The van der Waals surface area contributed by atoms with Gasteiger partial charge in [-0.2, -0.15) is 0 Å². The highest BCUT2D eigenvalue weighted by molar-refractivity contribution is 5.74. The minimum atomic E-state index is -0.785. The average Bonchev–Trinajstić information content (AvgIpc) is 2.70. The van der Waals surface area contributed by atoms with Gasteiger partial charge < -0.3 is 9.84 Å². The van der Waals surface area contributed by atoms with Crippen molar-refractivity contribution in [2.45, 2.75) is 84.3 Å². The molecule has 1 aliphatic rings. The van der Waals surface area contributed by atoms with Crippen LogP contribution in [0.1, 0.15) is 72.6 Å². The van der Waals surface area contributed by atoms with Gasteiger partial charge in [-0.25, -0.2) is 0 Å². The molecule has 0 aromatic heterocycles. The number of rotatable bonds is 8. The molecular formula is C17H30O3. The first-order valence-electron chi connectivity index (χ1n) is 8.07. The van der Waals surface area contributed by atoms with Gasteiger partial charge in [0, 0.05) is 0 Å². The van der Waals surface area contributed by atoms with Gasteiger partial charge in [0.1, 0.15) is 6.10 Å². The minimum absolute atomic E-state index is 0.118. The van der Waals surface area contributed by atoms with Crippen LogP contribution < -0.4 is 0 Å². The number of allylic oxidation sites excluding steroid dienone is 1. The van der Waals surface area contributed by atoms with Gasteiger partial charge in [-0.05, 0) is 31.3 Å². The van der Waals surface area contributed by atoms with E-state index in [0.717, 1.165) is 12.8 Å². The van der Waals surface area contributed by atoms with Crippen LogP contribution in [0.25, 0.3) is 0 Å². The zero-order chi connectivity index (χ0) is 15.2. The van der Waals surface area contributed by atoms with Gasteiger partial charge in [-0.1, -0.05) is 52.5 Å². The van der Waals surface area contributed by atoms with Crippen LogP contribution >= 0.6 is 0 Å². The van der Waals surface area contributed by atoms with Crippen molar-refractivity contribution in [1.82, 2.24) is 0 Å². The van der Waals surface area contributed by atoms with Crippen molar-refractivity contribution in [3.63, 3.8) is 0 Å². The van der Waals surface area contributed by atoms with E-state index < -0.39 is 11.7 Å². The summed E-state index contributed by atoms with van der Waals surface area (Å²) < 4.78 is 5.44. The van der Waals surface area contributed by atoms with Gasteiger partial charge in [-0.15, -0.1) is 0 Å². The van der Waals surface area contributed by atoms with E-state index in [0.29, 0.717) is 12.3 Å². The molecule has 0 aromatic carbocycles. The Morgan fingerprint density at radius 1 is 1.50 bits per heavy atom. The second kappa shape index (κ2) is 7.82. The average molecular weight is 282 g/mol. The predicted octanol–water partition coefficient (Wildman–Crippen LogP) is 4.00. The number of hydrogen-bond donors (Lipinski definition) is 1. The maximum absolute atomic E-state index is 11.4. The summed E-state index contributed by atoms with van der Waals surface area (Å²) in [5.41, 5.74) is 0.511. The van der Waals surface area contributed by atoms with Crippen molar-refractivity contribution in [2.24, 2.45) is 5.92 Å². The van der Waals surface area contributed by atoms with E-state index in [1.807, 2.05) is 13.0 Å².